The van der Waals surface area contributed by atoms with Crippen molar-refractivity contribution >= 4 is 11.4 Å². The van der Waals surface area contributed by atoms with Crippen LogP contribution in [0.1, 0.15) is 12.0 Å². The van der Waals surface area contributed by atoms with E-state index in [2.05, 4.69) is 59.0 Å². The minimum absolute atomic E-state index is 1.06. The molecular formula is C15H16N2. The minimum atomic E-state index is 1.06. The van der Waals surface area contributed by atoms with Gasteiger partial charge in [0.1, 0.15) is 0 Å². The van der Waals surface area contributed by atoms with Crippen molar-refractivity contribution in [2.75, 3.05) is 17.0 Å². The second kappa shape index (κ2) is 4.50. The molecule has 86 valence electrons. The van der Waals surface area contributed by atoms with E-state index in [-0.39, 0.29) is 0 Å². The van der Waals surface area contributed by atoms with E-state index in [0.717, 1.165) is 12.2 Å². The van der Waals surface area contributed by atoms with Gasteiger partial charge in [0.2, 0.25) is 0 Å². The molecule has 17 heavy (non-hydrogen) atoms. The van der Waals surface area contributed by atoms with Crippen LogP contribution in [0.4, 0.5) is 11.4 Å². The fourth-order valence-corrected chi connectivity index (χ4v) is 2.32. The number of nitrogens with zero attached hydrogens (tertiary/aromatic N) is 1. The van der Waals surface area contributed by atoms with E-state index in [1.165, 1.54) is 24.1 Å². The van der Waals surface area contributed by atoms with Gasteiger partial charge in [-0.15, -0.1) is 0 Å². The summed E-state index contributed by atoms with van der Waals surface area (Å²) >= 11 is 0. The predicted molar refractivity (Wildman–Crippen MR) is 72.2 cm³/mol. The molecule has 0 aliphatic carbocycles. The molecule has 2 aromatic carbocycles. The van der Waals surface area contributed by atoms with Crippen LogP contribution in [0.2, 0.25) is 0 Å². The molecule has 0 aromatic heterocycles. The Morgan fingerprint density at radius 2 is 1.65 bits per heavy atom. The van der Waals surface area contributed by atoms with Crippen LogP contribution in [0.25, 0.3) is 0 Å². The standard InChI is InChI=1S/C15H16N2/c1-2-9-14(10-3-1)16-17-12-6-8-13-7-4-5-11-15(13)17/h1-5,7,9-11,16H,6,8,12H2. The van der Waals surface area contributed by atoms with E-state index < -0.39 is 0 Å². The summed E-state index contributed by atoms with van der Waals surface area (Å²) in [6, 6.07) is 19.0. The SMILES string of the molecule is c1ccc(NN2CCCc3ccccc32)cc1. The van der Waals surface area contributed by atoms with Crippen LogP contribution in [0.15, 0.2) is 54.6 Å². The molecule has 0 unspecified atom stereocenters. The largest absolute Gasteiger partial charge is 0.298 e. The zero-order valence-corrected chi connectivity index (χ0v) is 9.76. The summed E-state index contributed by atoms with van der Waals surface area (Å²) in [5, 5.41) is 2.24. The van der Waals surface area contributed by atoms with Gasteiger partial charge >= 0.3 is 0 Å². The topological polar surface area (TPSA) is 15.3 Å². The molecule has 0 spiro atoms. The minimum Gasteiger partial charge on any atom is -0.298 e. The summed E-state index contributed by atoms with van der Waals surface area (Å²) in [7, 11) is 0. The molecule has 1 aliphatic rings. The molecule has 0 atom stereocenters. The highest BCUT2D eigenvalue weighted by atomic mass is 15.5. The third-order valence-electron chi connectivity index (χ3n) is 3.15. The molecule has 0 bridgehead atoms. The fraction of sp³-hybridized carbons (Fsp3) is 0.200. The van der Waals surface area contributed by atoms with Crippen molar-refractivity contribution in [3.05, 3.63) is 60.2 Å². The van der Waals surface area contributed by atoms with Crippen molar-refractivity contribution in [2.45, 2.75) is 12.8 Å². The van der Waals surface area contributed by atoms with E-state index in [4.69, 9.17) is 0 Å². The lowest BCUT2D eigenvalue weighted by Crippen LogP contribution is -2.34. The molecule has 0 saturated carbocycles. The quantitative estimate of drug-likeness (QED) is 0.840. The van der Waals surface area contributed by atoms with Gasteiger partial charge in [0.15, 0.2) is 0 Å². The van der Waals surface area contributed by atoms with Gasteiger partial charge in [0.05, 0.1) is 11.4 Å². The number of hydrogen-bond acceptors (Lipinski definition) is 2. The van der Waals surface area contributed by atoms with Gasteiger partial charge in [0, 0.05) is 6.54 Å². The number of benzene rings is 2. The van der Waals surface area contributed by atoms with Crippen molar-refractivity contribution in [1.82, 2.24) is 0 Å². The zero-order chi connectivity index (χ0) is 11.5. The normalized spacial score (nSPS) is 14.2. The lowest BCUT2D eigenvalue weighted by molar-refractivity contribution is 0.739. The summed E-state index contributed by atoms with van der Waals surface area (Å²) in [6.07, 6.45) is 2.39. The molecule has 1 heterocycles. The molecule has 2 heteroatoms. The molecular weight excluding hydrogens is 208 g/mol. The van der Waals surface area contributed by atoms with Crippen LogP contribution in [0.3, 0.4) is 0 Å². The van der Waals surface area contributed by atoms with Crippen LogP contribution in [-0.2, 0) is 6.42 Å². The summed E-state index contributed by atoms with van der Waals surface area (Å²) < 4.78 is 0. The predicted octanol–water partition coefficient (Wildman–Crippen LogP) is 3.47. The van der Waals surface area contributed by atoms with E-state index in [0.29, 0.717) is 0 Å². The summed E-state index contributed by atoms with van der Waals surface area (Å²) in [6.45, 7) is 1.06. The maximum atomic E-state index is 3.47. The molecule has 3 rings (SSSR count). The van der Waals surface area contributed by atoms with Crippen molar-refractivity contribution < 1.29 is 0 Å². The Bertz CT molecular complexity index is 493. The third-order valence-corrected chi connectivity index (χ3v) is 3.15. The van der Waals surface area contributed by atoms with Crippen molar-refractivity contribution in [3.63, 3.8) is 0 Å². The van der Waals surface area contributed by atoms with Gasteiger partial charge in [-0.25, -0.2) is 0 Å². The number of nitrogens with one attached hydrogen (secondary N) is 1. The van der Waals surface area contributed by atoms with Crippen LogP contribution < -0.4 is 10.4 Å². The van der Waals surface area contributed by atoms with Gasteiger partial charge in [-0.1, -0.05) is 36.4 Å². The maximum absolute atomic E-state index is 3.47. The second-order valence-electron chi connectivity index (χ2n) is 4.36. The Hall–Kier alpha value is -1.96. The molecule has 0 amide bonds. The summed E-state index contributed by atoms with van der Waals surface area (Å²) in [5.74, 6) is 0. The first-order chi connectivity index (χ1) is 8.43. The Balaban J connectivity index is 1.86. The third kappa shape index (κ3) is 2.11. The average Bonchev–Trinajstić information content (AvgIpc) is 2.40. The van der Waals surface area contributed by atoms with Crippen LogP contribution in [-0.4, -0.2) is 6.54 Å². The number of hydrazine groups is 1. The zero-order valence-electron chi connectivity index (χ0n) is 9.76. The smallest absolute Gasteiger partial charge is 0.0603 e. The van der Waals surface area contributed by atoms with Crippen molar-refractivity contribution in [3.8, 4) is 0 Å². The highest BCUT2D eigenvalue weighted by molar-refractivity contribution is 5.60. The lowest BCUT2D eigenvalue weighted by atomic mass is 10.0. The summed E-state index contributed by atoms with van der Waals surface area (Å²) in [5.41, 5.74) is 7.35. The monoisotopic (exact) mass is 224 g/mol. The fourth-order valence-electron chi connectivity index (χ4n) is 2.32. The van der Waals surface area contributed by atoms with E-state index in [1.54, 1.807) is 0 Å². The highest BCUT2D eigenvalue weighted by Crippen LogP contribution is 2.26. The molecule has 2 nitrogen and oxygen atoms in total. The Labute approximate surface area is 102 Å². The Kier molecular flexibility index (Phi) is 2.70. The summed E-state index contributed by atoms with van der Waals surface area (Å²) in [4.78, 5) is 0. The van der Waals surface area contributed by atoms with Gasteiger partial charge < -0.3 is 0 Å². The molecule has 2 aromatic rings. The van der Waals surface area contributed by atoms with Gasteiger partial charge in [-0.2, -0.15) is 0 Å². The van der Waals surface area contributed by atoms with Crippen molar-refractivity contribution in [1.29, 1.82) is 0 Å². The Morgan fingerprint density at radius 3 is 2.53 bits per heavy atom. The second-order valence-corrected chi connectivity index (χ2v) is 4.36. The first-order valence-corrected chi connectivity index (χ1v) is 6.11. The van der Waals surface area contributed by atoms with E-state index in [9.17, 15) is 0 Å². The number of anilines is 2. The number of rotatable bonds is 2. The van der Waals surface area contributed by atoms with Gasteiger partial charge in [0.25, 0.3) is 0 Å². The van der Waals surface area contributed by atoms with E-state index >= 15 is 0 Å². The molecule has 0 saturated heterocycles. The molecule has 1 aliphatic heterocycles. The van der Waals surface area contributed by atoms with Crippen molar-refractivity contribution in [2.24, 2.45) is 0 Å². The highest BCUT2D eigenvalue weighted by Gasteiger charge is 2.15. The molecule has 1 N–H and O–H groups in total. The Morgan fingerprint density at radius 1 is 0.882 bits per heavy atom. The molecule has 0 fully saturated rings. The number of hydrogen-bond donors (Lipinski definition) is 1. The molecule has 0 radical (unpaired) electrons. The van der Waals surface area contributed by atoms with Crippen LogP contribution in [0.5, 0.6) is 0 Å². The number of para-hydroxylation sites is 2. The van der Waals surface area contributed by atoms with Gasteiger partial charge in [-0.05, 0) is 36.6 Å². The number of aryl methyl sites for hydroxylation is 1. The average molecular weight is 224 g/mol. The van der Waals surface area contributed by atoms with E-state index in [1.807, 2.05) is 6.07 Å². The number of fused-ring (bicyclic) bond motifs is 1. The maximum Gasteiger partial charge on any atom is 0.0603 e. The first kappa shape index (κ1) is 10.2. The van der Waals surface area contributed by atoms with Crippen LogP contribution >= 0.6 is 0 Å². The first-order valence-electron chi connectivity index (χ1n) is 6.11. The van der Waals surface area contributed by atoms with Crippen LogP contribution in [0, 0.1) is 0 Å². The lowest BCUT2D eigenvalue weighted by Gasteiger charge is -2.32. The van der Waals surface area contributed by atoms with Gasteiger partial charge in [-0.3, -0.25) is 10.4 Å².